The Hall–Kier alpha value is -13.0. The van der Waals surface area contributed by atoms with E-state index in [0.717, 1.165) is 115 Å². The van der Waals surface area contributed by atoms with E-state index in [1.807, 2.05) is 160 Å². The molecule has 0 bridgehead atoms. The number of nitrogens with two attached hydrogens (primary N) is 1. The van der Waals surface area contributed by atoms with Gasteiger partial charge >= 0.3 is 17.8 Å². The van der Waals surface area contributed by atoms with Gasteiger partial charge in [-0.1, -0.05) is 114 Å². The van der Waals surface area contributed by atoms with Crippen molar-refractivity contribution in [2.75, 3.05) is 30.8 Å². The number of amides is 1. The first kappa shape index (κ1) is 111. The van der Waals surface area contributed by atoms with E-state index >= 15 is 0 Å². The third-order valence-electron chi connectivity index (χ3n) is 22.3. The fourth-order valence-electron chi connectivity index (χ4n) is 14.8. The van der Waals surface area contributed by atoms with Crippen molar-refractivity contribution >= 4 is 271 Å². The molecule has 0 aliphatic carbocycles. The predicted octanol–water partition coefficient (Wildman–Crippen LogP) is 22.6. The number of nitrogen functional groups attached to an aromatic ring is 1. The van der Waals surface area contributed by atoms with Gasteiger partial charge in [0.05, 0.1) is 129 Å². The average Bonchev–Trinajstić information content (AvgIpc) is 1.66. The van der Waals surface area contributed by atoms with E-state index in [-0.39, 0.29) is 98.0 Å². The topological polar surface area (TPSA) is 466 Å². The van der Waals surface area contributed by atoms with E-state index in [2.05, 4.69) is 107 Å². The number of methoxy groups -OCH3 is 1. The molecule has 6 N–H and O–H groups in total. The van der Waals surface area contributed by atoms with Gasteiger partial charge in [-0.2, -0.15) is 21.0 Å². The molecule has 147 heavy (non-hydrogen) atoms. The van der Waals surface area contributed by atoms with E-state index < -0.39 is 17.4 Å². The highest BCUT2D eigenvalue weighted by molar-refractivity contribution is 9.08. The van der Waals surface area contributed by atoms with Gasteiger partial charge in [-0.05, 0) is 268 Å². The van der Waals surface area contributed by atoms with Gasteiger partial charge in [-0.3, -0.25) is 57.0 Å². The van der Waals surface area contributed by atoms with Crippen LogP contribution in [0.3, 0.4) is 0 Å². The molecular formula is C100H86BrCl6N21O11S8. The lowest BCUT2D eigenvalue weighted by atomic mass is 10.1. The second-order valence-electron chi connectivity index (χ2n) is 33.4. The van der Waals surface area contributed by atoms with Gasteiger partial charge in [0.2, 0.25) is 32.4 Å². The van der Waals surface area contributed by atoms with Crippen molar-refractivity contribution < 1.29 is 19.1 Å². The average molecular weight is 2310 g/mol. The minimum absolute atomic E-state index is 0.107. The van der Waals surface area contributed by atoms with Crippen LogP contribution < -0.4 is 55.0 Å². The second-order valence-corrected chi connectivity index (χ2v) is 43.1. The fraction of sp³-hybridized carbons (Fsp3) is 0.240. The maximum absolute atomic E-state index is 13.7. The first-order valence-electron chi connectivity index (χ1n) is 44.4. The number of carbonyl (C=O) groups excluding carboxylic acids is 2. The highest BCUT2D eigenvalue weighted by atomic mass is 79.9. The summed E-state index contributed by atoms with van der Waals surface area (Å²) in [4.78, 5) is 148. The number of ether oxygens (including phenoxy) is 2. The number of H-pyrrole nitrogens is 3. The maximum atomic E-state index is 13.7. The Labute approximate surface area is 907 Å². The third kappa shape index (κ3) is 26.4. The van der Waals surface area contributed by atoms with Crippen molar-refractivity contribution in [3.63, 3.8) is 0 Å². The third-order valence-corrected chi connectivity index (χ3v) is 33.0. The Bertz CT molecular complexity index is 8700. The smallest absolute Gasteiger partial charge is 0.407 e. The van der Waals surface area contributed by atoms with Crippen LogP contribution in [0.1, 0.15) is 146 Å². The number of aromatic amines is 3. The number of nitrogens with zero attached hydrogens (tertiary/aromatic N) is 16. The Kier molecular flexibility index (Phi) is 37.9. The molecule has 1 aliphatic heterocycles. The zero-order chi connectivity index (χ0) is 106. The molecule has 4 aromatic carbocycles. The minimum Gasteiger partial charge on any atom is -0.465 e. The first-order valence-corrected chi connectivity index (χ1v) is 54.8. The van der Waals surface area contributed by atoms with Gasteiger partial charge < -0.3 is 30.4 Å². The van der Waals surface area contributed by atoms with Crippen molar-refractivity contribution in [3.8, 4) is 24.3 Å². The van der Waals surface area contributed by atoms with Crippen molar-refractivity contribution in [1.82, 2.24) is 73.4 Å². The molecule has 1 fully saturated rings. The number of nitrogens with one attached hydrogen (secondary N) is 4. The van der Waals surface area contributed by atoms with Crippen LogP contribution in [0.5, 0.6) is 0 Å². The number of esters is 1. The van der Waals surface area contributed by atoms with Gasteiger partial charge in [0.15, 0.2) is 5.15 Å². The summed E-state index contributed by atoms with van der Waals surface area (Å²) in [6.45, 7) is 21.3. The number of aromatic nitrogens is 14. The van der Waals surface area contributed by atoms with Crippen LogP contribution in [0.15, 0.2) is 174 Å². The van der Waals surface area contributed by atoms with E-state index in [1.54, 1.807) is 47.0 Å². The molecule has 1 saturated heterocycles. The lowest BCUT2D eigenvalue weighted by Crippen LogP contribution is -2.50. The number of fused-ring (bicyclic) bond motifs is 7. The van der Waals surface area contributed by atoms with Crippen LogP contribution in [0, 0.1) is 79.9 Å². The normalized spacial score (nSPS) is 12.0. The molecule has 20 rings (SSSR count). The summed E-state index contributed by atoms with van der Waals surface area (Å²) < 4.78 is 20.4. The summed E-state index contributed by atoms with van der Waals surface area (Å²) in [5, 5.41) is 57.1. The predicted molar refractivity (Wildman–Crippen MR) is 597 cm³/mol. The zero-order valence-electron chi connectivity index (χ0n) is 79.8. The van der Waals surface area contributed by atoms with Crippen molar-refractivity contribution in [3.05, 3.63) is 338 Å². The quantitative estimate of drug-likeness (QED) is 0.0292. The summed E-state index contributed by atoms with van der Waals surface area (Å²) in [6.07, 6.45) is 2.81. The first-order chi connectivity index (χ1) is 70.3. The van der Waals surface area contributed by atoms with Crippen LogP contribution in [-0.4, -0.2) is 112 Å². The van der Waals surface area contributed by atoms with E-state index in [4.69, 9.17) is 101 Å². The Morgan fingerprint density at radius 1 is 0.469 bits per heavy atom. The molecule has 47 heteroatoms. The number of alkyl halides is 1. The van der Waals surface area contributed by atoms with Gasteiger partial charge in [0.25, 0.3) is 33.4 Å². The van der Waals surface area contributed by atoms with Crippen LogP contribution in [-0.2, 0) is 53.8 Å². The van der Waals surface area contributed by atoms with Gasteiger partial charge in [-0.25, -0.2) is 49.3 Å². The molecule has 16 heterocycles. The summed E-state index contributed by atoms with van der Waals surface area (Å²) >= 11 is 50.1. The highest BCUT2D eigenvalue weighted by Crippen LogP contribution is 2.35. The lowest BCUT2D eigenvalue weighted by Gasteiger charge is -2.35. The molecule has 1 atom stereocenters. The molecule has 0 spiro atoms. The largest absolute Gasteiger partial charge is 0.465 e. The molecule has 1 amide bonds. The number of anilines is 2. The number of benzene rings is 4. The second kappa shape index (κ2) is 50.1. The fourth-order valence-corrected chi connectivity index (χ4v) is 24.3. The van der Waals surface area contributed by atoms with E-state index in [9.17, 15) is 48.4 Å². The maximum Gasteiger partial charge on any atom is 0.407 e. The van der Waals surface area contributed by atoms with Crippen LogP contribution in [0.25, 0.3) is 71.5 Å². The number of rotatable bonds is 14. The number of alkyl carbamates (subject to hydrolysis) is 1. The molecule has 15 aromatic heterocycles. The molecule has 32 nitrogen and oxygen atoms in total. The molecule has 0 saturated carbocycles. The SMILES string of the molecule is CCc1csc2c(=O)n(Cc3ccccc3C#N)c(Cl)nc12.CCc1csc2c(=O)n(Cc3ccccc3C#N)c(N3CCCC(NC(=O)OC(C)(C)C)C3)nc12.COC(=O)c1scc(C)c1N.Cc1csc2c(=O)[nH]c(=O)[nH]c12.Cc1csc2c(=O)[nH]c(Cl)nc12.Cc1csc2c(=O)n(Cc3ccccc3C#N)c(Cl)nc12.Cc1csc2c(Cl)nc(Cl)nc12.N#Cc1ccccc1Cn1c(Cl)nc2c(CBr)csc2c1=O. The minimum atomic E-state index is -0.574. The summed E-state index contributed by atoms with van der Waals surface area (Å²) in [6, 6.07) is 37.2. The number of hydrogen-bond donors (Lipinski definition) is 5. The monoisotopic (exact) mass is 2300 g/mol. The van der Waals surface area contributed by atoms with Crippen LogP contribution >= 0.6 is 176 Å². The molecule has 0 radical (unpaired) electrons. The Morgan fingerprint density at radius 2 is 0.857 bits per heavy atom. The van der Waals surface area contributed by atoms with Crippen LogP contribution in [0.2, 0.25) is 31.6 Å². The summed E-state index contributed by atoms with van der Waals surface area (Å²) in [5.41, 5.74) is 22.0. The van der Waals surface area contributed by atoms with E-state index in [1.165, 1.54) is 112 Å². The lowest BCUT2D eigenvalue weighted by molar-refractivity contribution is 0.0498. The standard InChI is InChI=1S/C26H31N5O3S.C16H12ClN3OS.C15H9BrClN3OS.C15H10ClN3OS.C7H4Cl2N2S.C7H5ClN2OS.C7H6N2O2S.C7H9NO2S/c1-5-17-16-35-22-21(17)29-24(31(23(22)32)14-19-10-7-6-9-18(19)13-27)30-12-8-11-20(15-30)28-25(33)34-26(2,3)4;1-2-10-9-22-14-13(10)19-16(17)20(15(14)21)8-12-6-4-3-5-11(12)7-18;16-5-11-8-22-13-12(11)19-15(17)20(14(13)21)7-10-4-2-1-3-9(10)6-18;1-9-8-21-13-12(9)18-15(16)19(14(13)20)7-11-5-3-2-4-10(11)6-17;1-3-2-12-5-4(3)10-7(9)11-6(5)8;1-3-2-12-5-4(3)9-7(8)10-6(5)11;1-3-2-12-5-4(3)8-7(11)9-6(5)10;1-4-3-11-6(5(4)8)7(9)10-2/h6-7,9-10,16,20H,5,8,11-12,14-15H2,1-4H3,(H,28,33);3-6,9H,2,8H2,1H3;1-4,8H,5,7H2;2-5,8H,7H2,1H3;2H,1H3;2H,1H3,(H,9,10,11);2H,1H3,(H2,8,9,10,11);3H,8H2,1-2H3. The van der Waals surface area contributed by atoms with Crippen molar-refractivity contribution in [1.29, 1.82) is 21.0 Å². The zero-order valence-corrected chi connectivity index (χ0v) is 92.5. The Morgan fingerprint density at radius 3 is 1.31 bits per heavy atom. The van der Waals surface area contributed by atoms with Gasteiger partial charge in [0.1, 0.15) is 38.7 Å². The molecule has 754 valence electrons. The van der Waals surface area contributed by atoms with Crippen molar-refractivity contribution in [2.45, 2.75) is 138 Å². The van der Waals surface area contributed by atoms with Crippen molar-refractivity contribution in [2.24, 2.45) is 0 Å². The number of piperidine rings is 1. The van der Waals surface area contributed by atoms with Gasteiger partial charge in [0, 0.05) is 30.0 Å². The Balaban J connectivity index is 0.000000145. The molecular weight excluding hydrogens is 2220 g/mol. The number of nitriles is 4. The number of aryl methyl sites for hydroxylation is 7. The number of halogens is 7. The number of hydrogen-bond acceptors (Lipinski definition) is 32. The molecule has 1 unspecified atom stereocenters. The van der Waals surface area contributed by atoms with Gasteiger partial charge in [-0.15, -0.1) is 90.7 Å². The summed E-state index contributed by atoms with van der Waals surface area (Å²) in [7, 11) is 1.34. The number of thiophene rings is 8. The molecule has 1 aliphatic rings. The number of carbonyl (C=O) groups is 2. The molecule has 19 aromatic rings. The van der Waals surface area contributed by atoms with E-state index in [0.29, 0.717) is 112 Å². The highest BCUT2D eigenvalue weighted by Gasteiger charge is 2.30. The van der Waals surface area contributed by atoms with Crippen LogP contribution in [0.4, 0.5) is 16.4 Å². The summed E-state index contributed by atoms with van der Waals surface area (Å²) in [5.74, 6) is 0.208.